The second-order valence-corrected chi connectivity index (χ2v) is 40.8. The van der Waals surface area contributed by atoms with E-state index < -0.39 is 36.8 Å². The zero-order valence-electron chi connectivity index (χ0n) is 31.9. The molecule has 2 aromatic carbocycles. The van der Waals surface area contributed by atoms with Gasteiger partial charge in [0.15, 0.2) is 0 Å². The summed E-state index contributed by atoms with van der Waals surface area (Å²) in [5.41, 5.74) is 2.54. The zero-order chi connectivity index (χ0) is 34.7. The van der Waals surface area contributed by atoms with Gasteiger partial charge in [-0.2, -0.15) is 0 Å². The molecule has 48 heavy (non-hydrogen) atoms. The van der Waals surface area contributed by atoms with Gasteiger partial charge >= 0.3 is 307 Å². The van der Waals surface area contributed by atoms with Crippen LogP contribution in [0.2, 0.25) is 26.6 Å². The van der Waals surface area contributed by atoms with Gasteiger partial charge in [0, 0.05) is 0 Å². The van der Waals surface area contributed by atoms with E-state index in [1.165, 1.54) is 122 Å². The Morgan fingerprint density at radius 3 is 1.02 bits per heavy atom. The van der Waals surface area contributed by atoms with E-state index in [9.17, 15) is 0 Å². The molecule has 1 heterocycles. The number of hydrogen-bond acceptors (Lipinski definition) is 1. The van der Waals surface area contributed by atoms with E-state index >= 15 is 4.79 Å². The number of amides is 2. The van der Waals surface area contributed by atoms with E-state index in [0.717, 1.165) is 13.1 Å². The van der Waals surface area contributed by atoms with Crippen LogP contribution in [0.25, 0.3) is 12.2 Å². The summed E-state index contributed by atoms with van der Waals surface area (Å²) in [7, 11) is 0. The van der Waals surface area contributed by atoms with E-state index in [2.05, 4.69) is 124 Å². The van der Waals surface area contributed by atoms with Crippen molar-refractivity contribution >= 4 is 54.9 Å². The molecule has 1 aliphatic heterocycles. The Morgan fingerprint density at radius 1 is 0.500 bits per heavy atom. The Kier molecular flexibility index (Phi) is 19.4. The second kappa shape index (κ2) is 22.6. The molecule has 0 atom stereocenters. The van der Waals surface area contributed by atoms with Gasteiger partial charge in [0.25, 0.3) is 0 Å². The number of rotatable bonds is 24. The summed E-state index contributed by atoms with van der Waals surface area (Å²) in [6, 6.07) is 22.3. The van der Waals surface area contributed by atoms with E-state index in [1.54, 1.807) is 0 Å². The van der Waals surface area contributed by atoms with Gasteiger partial charge in [-0.3, -0.25) is 0 Å². The van der Waals surface area contributed by atoms with Crippen molar-refractivity contribution in [3.05, 3.63) is 79.2 Å². The Labute approximate surface area is 304 Å². The van der Waals surface area contributed by atoms with Crippen molar-refractivity contribution in [1.29, 1.82) is 0 Å². The fraction of sp³-hybridized carbons (Fsp3) is 0.605. The van der Waals surface area contributed by atoms with Crippen molar-refractivity contribution < 1.29 is 4.79 Å². The number of nitrogens with zero attached hydrogens (tertiary/aromatic N) is 2. The Balaban J connectivity index is 2.24. The number of hydrogen-bond donors (Lipinski definition) is 0. The molecule has 3 rings (SSSR count). The van der Waals surface area contributed by atoms with Crippen LogP contribution in [0.5, 0.6) is 0 Å². The fourth-order valence-electron chi connectivity index (χ4n) is 8.04. The standard InChI is InChI=1S/C19H16N2O.6C4H9.2Sn/c22-19-20(13-11-17-7-3-1-4-8-17)15-16-21(19)14-12-18-9-5-2-6-10-18;6*1-3-4-2;;/h1-12H,15-16H2;6*1,3-4H2,2H3;;. The molecule has 266 valence electrons. The topological polar surface area (TPSA) is 23.6 Å². The Bertz CT molecular complexity index is 1100. The third kappa shape index (κ3) is 11.7. The van der Waals surface area contributed by atoms with Crippen LogP contribution >= 0.6 is 0 Å². The summed E-state index contributed by atoms with van der Waals surface area (Å²) < 4.78 is 11.2. The second-order valence-electron chi connectivity index (χ2n) is 14.6. The number of unbranched alkanes of at least 4 members (excludes halogenated alkanes) is 6. The van der Waals surface area contributed by atoms with Crippen LogP contribution in [0.15, 0.2) is 68.1 Å². The molecule has 5 heteroatoms. The van der Waals surface area contributed by atoms with Crippen LogP contribution in [-0.4, -0.2) is 65.7 Å². The number of urea groups is 1. The minimum absolute atomic E-state index is 0.301. The summed E-state index contributed by atoms with van der Waals surface area (Å²) in [6.45, 7) is 15.8. The molecule has 0 bridgehead atoms. The molecule has 0 N–H and O–H groups in total. The van der Waals surface area contributed by atoms with Gasteiger partial charge in [0.2, 0.25) is 0 Å². The van der Waals surface area contributed by atoms with Crippen molar-refractivity contribution in [2.45, 2.75) is 145 Å². The van der Waals surface area contributed by atoms with Crippen LogP contribution in [0.3, 0.4) is 0 Å². The quantitative estimate of drug-likeness (QED) is 0.0964. The van der Waals surface area contributed by atoms with Gasteiger partial charge < -0.3 is 0 Å². The summed E-state index contributed by atoms with van der Waals surface area (Å²) in [5, 5.41) is 0. The molecule has 0 radical (unpaired) electrons. The van der Waals surface area contributed by atoms with E-state index in [-0.39, 0.29) is 0 Å². The van der Waals surface area contributed by atoms with Crippen LogP contribution in [0.4, 0.5) is 4.79 Å². The van der Waals surface area contributed by atoms with Gasteiger partial charge in [-0.15, -0.1) is 0 Å². The molecule has 0 spiro atoms. The van der Waals surface area contributed by atoms with Crippen LogP contribution < -0.4 is 0 Å². The van der Waals surface area contributed by atoms with E-state index in [4.69, 9.17) is 0 Å². The zero-order valence-corrected chi connectivity index (χ0v) is 37.6. The first-order chi connectivity index (χ1) is 23.4. The number of carbonyl (C=O) groups is 1. The Hall–Kier alpha value is -1.21. The molecular weight excluding hydrogens is 798 g/mol. The van der Waals surface area contributed by atoms with Gasteiger partial charge in [0.05, 0.1) is 0 Å². The van der Waals surface area contributed by atoms with Crippen molar-refractivity contribution in [3.63, 3.8) is 0 Å². The molecule has 0 saturated carbocycles. The maximum absolute atomic E-state index is 15.3. The predicted octanol–water partition coefficient (Wildman–Crippen LogP) is 13.6. The summed E-state index contributed by atoms with van der Waals surface area (Å²) in [5.74, 6) is 0. The van der Waals surface area contributed by atoms with Gasteiger partial charge in [-0.05, 0) is 0 Å². The number of carbonyl (C=O) groups excluding carboxylic acids is 1. The first-order valence-corrected chi connectivity index (χ1v) is 35.0. The SMILES string of the molecule is CCC[CH2][Sn]([CH2]CCC)([CH2]CCC)/[C](=C/c1ccccc1)N1CCN(/[C](=C\c2ccccc2)[Sn]([CH2]CCC)([CH2]CCC)[CH2]CCC)C1=O. The average Bonchev–Trinajstić information content (AvgIpc) is 3.50. The van der Waals surface area contributed by atoms with E-state index in [0.29, 0.717) is 6.03 Å². The third-order valence-corrected chi connectivity index (χ3v) is 41.9. The predicted molar refractivity (Wildman–Crippen MR) is 217 cm³/mol. The molecule has 2 aromatic rings. The third-order valence-electron chi connectivity index (χ3n) is 10.9. The first-order valence-electron chi connectivity index (χ1n) is 20.1. The van der Waals surface area contributed by atoms with E-state index in [1.807, 2.05) is 0 Å². The van der Waals surface area contributed by atoms with Gasteiger partial charge in [-0.25, -0.2) is 0 Å². The first kappa shape index (κ1) is 41.2. The summed E-state index contributed by atoms with van der Waals surface area (Å²) >= 11 is -6.02. The fourth-order valence-corrected chi connectivity index (χ4v) is 41.5. The van der Waals surface area contributed by atoms with Crippen molar-refractivity contribution in [1.82, 2.24) is 9.80 Å². The maximum atomic E-state index is 15.3. The monoisotopic (exact) mass is 870 g/mol. The summed E-state index contributed by atoms with van der Waals surface area (Å²) in [6.07, 6.45) is 20.2. The molecule has 1 aliphatic rings. The molecule has 3 nitrogen and oxygen atoms in total. The van der Waals surface area contributed by atoms with Crippen LogP contribution in [0.1, 0.15) is 130 Å². The molecule has 2 amide bonds. The molecule has 0 unspecified atom stereocenters. The van der Waals surface area contributed by atoms with Gasteiger partial charge in [-0.1, -0.05) is 0 Å². The average molecular weight is 868 g/mol. The molecule has 1 saturated heterocycles. The molecule has 0 aliphatic carbocycles. The minimum atomic E-state index is -3.01. The molecular formula is C43H70N2OSn2. The normalized spacial score (nSPS) is 14.8. The van der Waals surface area contributed by atoms with Crippen molar-refractivity contribution in [2.24, 2.45) is 0 Å². The van der Waals surface area contributed by atoms with Crippen molar-refractivity contribution in [2.75, 3.05) is 13.1 Å². The molecule has 1 fully saturated rings. The molecule has 0 aromatic heterocycles. The number of benzene rings is 2. The summed E-state index contributed by atoms with van der Waals surface area (Å²) in [4.78, 5) is 20.1. The Morgan fingerprint density at radius 2 is 0.771 bits per heavy atom. The van der Waals surface area contributed by atoms with Crippen molar-refractivity contribution in [3.8, 4) is 0 Å². The van der Waals surface area contributed by atoms with Gasteiger partial charge in [0.1, 0.15) is 0 Å². The van der Waals surface area contributed by atoms with Crippen LogP contribution in [0, 0.1) is 0 Å². The van der Waals surface area contributed by atoms with Crippen LogP contribution in [-0.2, 0) is 0 Å².